The van der Waals surface area contributed by atoms with Crippen molar-refractivity contribution in [3.8, 4) is 11.5 Å². The van der Waals surface area contributed by atoms with Crippen LogP contribution in [0.25, 0.3) is 0 Å². The maximum Gasteiger partial charge on any atom is 0.271 e. The van der Waals surface area contributed by atoms with Gasteiger partial charge in [0.2, 0.25) is 0 Å². The van der Waals surface area contributed by atoms with Crippen LogP contribution >= 0.6 is 15.9 Å². The van der Waals surface area contributed by atoms with Gasteiger partial charge in [-0.25, -0.2) is 0 Å². The number of nitrogens with zero attached hydrogens (tertiary/aromatic N) is 2. The van der Waals surface area contributed by atoms with E-state index in [1.165, 1.54) is 18.3 Å². The van der Waals surface area contributed by atoms with Crippen molar-refractivity contribution in [3.05, 3.63) is 56.0 Å². The maximum atomic E-state index is 10.9. The fraction of sp³-hybridized carbons (Fsp3) is 0.235. The van der Waals surface area contributed by atoms with Crippen molar-refractivity contribution >= 4 is 33.5 Å². The average molecular weight is 393 g/mol. The molecule has 0 saturated carbocycles. The molecule has 0 bridgehead atoms. The Kier molecular flexibility index (Phi) is 5.56. The molecular weight excluding hydrogens is 376 g/mol. The van der Waals surface area contributed by atoms with Crippen LogP contribution in [-0.4, -0.2) is 21.4 Å². The van der Waals surface area contributed by atoms with Crippen LogP contribution in [0.2, 0.25) is 0 Å². The highest BCUT2D eigenvalue weighted by atomic mass is 79.9. The number of nitro benzene ring substituents is 1. The van der Waals surface area contributed by atoms with Crippen LogP contribution in [0.5, 0.6) is 11.5 Å². The first-order valence-electron chi connectivity index (χ1n) is 7.37. The van der Waals surface area contributed by atoms with Crippen molar-refractivity contribution in [2.45, 2.75) is 26.2 Å². The van der Waals surface area contributed by atoms with E-state index in [1.807, 2.05) is 6.07 Å². The van der Waals surface area contributed by atoms with Gasteiger partial charge in [0.15, 0.2) is 0 Å². The first kappa shape index (κ1) is 17.9. The Hall–Kier alpha value is -2.41. The monoisotopic (exact) mass is 392 g/mol. The van der Waals surface area contributed by atoms with Crippen molar-refractivity contribution in [1.29, 1.82) is 0 Å². The van der Waals surface area contributed by atoms with Gasteiger partial charge in [0.05, 0.1) is 9.40 Å². The molecule has 0 aliphatic heterocycles. The second kappa shape index (κ2) is 7.44. The lowest BCUT2D eigenvalue weighted by molar-refractivity contribution is -0.385. The van der Waals surface area contributed by atoms with E-state index in [0.29, 0.717) is 11.6 Å². The summed E-state index contributed by atoms with van der Waals surface area (Å²) >= 11 is 3.08. The van der Waals surface area contributed by atoms with Crippen LogP contribution in [0.15, 0.2) is 39.8 Å². The Balaban J connectivity index is 2.43. The summed E-state index contributed by atoms with van der Waals surface area (Å²) in [7, 11) is 0. The number of phenolic OH excluding ortho intramolecular Hbond substituents is 2. The fourth-order valence-electron chi connectivity index (χ4n) is 2.13. The van der Waals surface area contributed by atoms with E-state index in [4.69, 9.17) is 0 Å². The lowest BCUT2D eigenvalue weighted by Crippen LogP contribution is -1.92. The number of benzene rings is 2. The highest BCUT2D eigenvalue weighted by Crippen LogP contribution is 2.34. The van der Waals surface area contributed by atoms with Crippen LogP contribution < -0.4 is 0 Å². The van der Waals surface area contributed by atoms with Gasteiger partial charge in [-0.05, 0) is 46.0 Å². The van der Waals surface area contributed by atoms with Gasteiger partial charge in [-0.15, -0.1) is 0 Å². The number of rotatable bonds is 5. The standard InChI is InChI=1S/C17H17BrN2O4/c1-3-10(2)11-4-5-16(21)15(7-11)19-9-12-6-13(20(23)24)8-14(18)17(12)22/h4-10,21-22H,3H2,1-2H3/t10-/m1/s1. The predicted octanol–water partition coefficient (Wildman–Crippen LogP) is 5.03. The highest BCUT2D eigenvalue weighted by Gasteiger charge is 2.14. The predicted molar refractivity (Wildman–Crippen MR) is 96.5 cm³/mol. The molecule has 0 fully saturated rings. The summed E-state index contributed by atoms with van der Waals surface area (Å²) in [5.74, 6) is 0.170. The summed E-state index contributed by atoms with van der Waals surface area (Å²) in [6.45, 7) is 4.14. The molecule has 7 heteroatoms. The average Bonchev–Trinajstić information content (AvgIpc) is 2.56. The highest BCUT2D eigenvalue weighted by molar-refractivity contribution is 9.10. The lowest BCUT2D eigenvalue weighted by atomic mass is 9.98. The summed E-state index contributed by atoms with van der Waals surface area (Å²) in [4.78, 5) is 14.5. The summed E-state index contributed by atoms with van der Waals surface area (Å²) in [5, 5.41) is 30.9. The van der Waals surface area contributed by atoms with Crippen LogP contribution in [-0.2, 0) is 0 Å². The summed E-state index contributed by atoms with van der Waals surface area (Å²) in [6.07, 6.45) is 2.25. The molecule has 2 N–H and O–H groups in total. The maximum absolute atomic E-state index is 10.9. The molecule has 0 aliphatic rings. The molecule has 1 atom stereocenters. The third-order valence-electron chi connectivity index (χ3n) is 3.81. The SMILES string of the molecule is CC[C@@H](C)c1ccc(O)c(N=Cc2cc([N+](=O)[O-])cc(Br)c2O)c1. The quantitative estimate of drug-likeness (QED) is 0.423. The second-order valence-corrected chi connectivity index (χ2v) is 6.29. The molecule has 6 nitrogen and oxygen atoms in total. The van der Waals surface area contributed by atoms with Gasteiger partial charge < -0.3 is 10.2 Å². The Morgan fingerprint density at radius 1 is 1.33 bits per heavy atom. The Morgan fingerprint density at radius 2 is 2.04 bits per heavy atom. The van der Waals surface area contributed by atoms with E-state index >= 15 is 0 Å². The van der Waals surface area contributed by atoms with E-state index in [2.05, 4.69) is 34.8 Å². The van der Waals surface area contributed by atoms with Gasteiger partial charge >= 0.3 is 0 Å². The molecule has 2 aromatic carbocycles. The van der Waals surface area contributed by atoms with Crippen LogP contribution in [0.4, 0.5) is 11.4 Å². The van der Waals surface area contributed by atoms with Gasteiger partial charge in [-0.2, -0.15) is 0 Å². The van der Waals surface area contributed by atoms with E-state index in [9.17, 15) is 20.3 Å². The molecule has 0 amide bonds. The van der Waals surface area contributed by atoms with Crippen molar-refractivity contribution < 1.29 is 15.1 Å². The number of aliphatic imine (C=N–C) groups is 1. The van der Waals surface area contributed by atoms with Gasteiger partial charge in [0.1, 0.15) is 17.2 Å². The molecule has 0 aromatic heterocycles. The summed E-state index contributed by atoms with van der Waals surface area (Å²) in [5.41, 5.74) is 1.39. The van der Waals surface area contributed by atoms with Crippen LogP contribution in [0, 0.1) is 10.1 Å². The van der Waals surface area contributed by atoms with Crippen molar-refractivity contribution in [2.75, 3.05) is 0 Å². The van der Waals surface area contributed by atoms with Crippen LogP contribution in [0.1, 0.15) is 37.3 Å². The van der Waals surface area contributed by atoms with Gasteiger partial charge in [0.25, 0.3) is 5.69 Å². The first-order valence-corrected chi connectivity index (χ1v) is 8.16. The van der Waals surface area contributed by atoms with E-state index in [1.54, 1.807) is 12.1 Å². The molecule has 24 heavy (non-hydrogen) atoms. The molecule has 0 unspecified atom stereocenters. The number of hydrogen-bond acceptors (Lipinski definition) is 5. The summed E-state index contributed by atoms with van der Waals surface area (Å²) < 4.78 is 0.204. The normalized spacial score (nSPS) is 12.5. The Labute approximate surface area is 147 Å². The summed E-state index contributed by atoms with van der Waals surface area (Å²) in [6, 6.07) is 7.61. The van der Waals surface area contributed by atoms with E-state index < -0.39 is 4.92 Å². The number of hydrogen-bond donors (Lipinski definition) is 2. The van der Waals surface area contributed by atoms with Crippen molar-refractivity contribution in [3.63, 3.8) is 0 Å². The number of non-ortho nitro benzene ring substituents is 1. The van der Waals surface area contributed by atoms with E-state index in [0.717, 1.165) is 12.0 Å². The smallest absolute Gasteiger partial charge is 0.271 e. The number of halogens is 1. The number of phenols is 2. The first-order chi connectivity index (χ1) is 11.3. The number of nitro groups is 1. The topological polar surface area (TPSA) is 96.0 Å². The molecular formula is C17H17BrN2O4. The third kappa shape index (κ3) is 3.91. The molecule has 0 spiro atoms. The minimum atomic E-state index is -0.553. The Morgan fingerprint density at radius 3 is 2.67 bits per heavy atom. The zero-order chi connectivity index (χ0) is 17.9. The zero-order valence-electron chi connectivity index (χ0n) is 13.2. The lowest BCUT2D eigenvalue weighted by Gasteiger charge is -2.10. The minimum absolute atomic E-state index is 0.00212. The van der Waals surface area contributed by atoms with Crippen LogP contribution in [0.3, 0.4) is 0 Å². The molecule has 126 valence electrons. The minimum Gasteiger partial charge on any atom is -0.506 e. The Bertz CT molecular complexity index is 805. The molecule has 0 saturated heterocycles. The molecule has 2 rings (SSSR count). The molecule has 2 aromatic rings. The molecule has 0 heterocycles. The zero-order valence-corrected chi connectivity index (χ0v) is 14.8. The fourth-order valence-corrected chi connectivity index (χ4v) is 2.60. The van der Waals surface area contributed by atoms with Crippen molar-refractivity contribution in [1.82, 2.24) is 0 Å². The molecule has 0 aliphatic carbocycles. The molecule has 0 radical (unpaired) electrons. The van der Waals surface area contributed by atoms with Gasteiger partial charge in [-0.1, -0.05) is 19.9 Å². The third-order valence-corrected chi connectivity index (χ3v) is 4.42. The second-order valence-electron chi connectivity index (χ2n) is 5.44. The number of aromatic hydroxyl groups is 2. The van der Waals surface area contributed by atoms with E-state index in [-0.39, 0.29) is 27.2 Å². The van der Waals surface area contributed by atoms with Gasteiger partial charge in [-0.3, -0.25) is 15.1 Å². The largest absolute Gasteiger partial charge is 0.506 e. The van der Waals surface area contributed by atoms with Gasteiger partial charge in [0, 0.05) is 23.9 Å². The van der Waals surface area contributed by atoms with Crippen molar-refractivity contribution in [2.24, 2.45) is 4.99 Å².